The van der Waals surface area contributed by atoms with Crippen molar-refractivity contribution in [3.63, 3.8) is 0 Å². The first-order chi connectivity index (χ1) is 10.6. The van der Waals surface area contributed by atoms with Gasteiger partial charge in [-0.3, -0.25) is 14.5 Å². The summed E-state index contributed by atoms with van der Waals surface area (Å²) in [6.45, 7) is 5.92. The van der Waals surface area contributed by atoms with Crippen molar-refractivity contribution in [1.82, 2.24) is 15.1 Å². The molecule has 0 saturated carbocycles. The van der Waals surface area contributed by atoms with E-state index in [4.69, 9.17) is 0 Å². The largest absolute Gasteiger partial charge is 0.348 e. The Balaban J connectivity index is 1.91. The number of hydrogen-bond donors (Lipinski definition) is 1. The second-order valence-corrected chi connectivity index (χ2v) is 5.70. The molecule has 1 saturated heterocycles. The van der Waals surface area contributed by atoms with Crippen molar-refractivity contribution >= 4 is 11.8 Å². The van der Waals surface area contributed by atoms with Crippen molar-refractivity contribution in [2.75, 3.05) is 26.3 Å². The number of hydrogen-bond acceptors (Lipinski definition) is 3. The summed E-state index contributed by atoms with van der Waals surface area (Å²) in [5.41, 5.74) is 1.13. The number of amides is 2. The Morgan fingerprint density at radius 1 is 1.27 bits per heavy atom. The molecule has 1 atom stereocenters. The molecule has 1 aromatic carbocycles. The highest BCUT2D eigenvalue weighted by molar-refractivity contribution is 5.83. The minimum absolute atomic E-state index is 0.0203. The van der Waals surface area contributed by atoms with Crippen molar-refractivity contribution in [2.24, 2.45) is 0 Å². The van der Waals surface area contributed by atoms with Gasteiger partial charge in [0.05, 0.1) is 25.8 Å². The average molecular weight is 303 g/mol. The van der Waals surface area contributed by atoms with Crippen LogP contribution < -0.4 is 5.32 Å². The Morgan fingerprint density at radius 2 is 2.00 bits per heavy atom. The lowest BCUT2D eigenvalue weighted by atomic mass is 10.0. The highest BCUT2D eigenvalue weighted by atomic mass is 16.2. The van der Waals surface area contributed by atoms with Crippen LogP contribution in [0.4, 0.5) is 0 Å². The second kappa shape index (κ2) is 7.94. The normalized spacial score (nSPS) is 16.8. The van der Waals surface area contributed by atoms with Gasteiger partial charge in [-0.25, -0.2) is 0 Å². The minimum Gasteiger partial charge on any atom is -0.348 e. The molecule has 22 heavy (non-hydrogen) atoms. The molecule has 1 aromatic rings. The van der Waals surface area contributed by atoms with Gasteiger partial charge in [-0.15, -0.1) is 0 Å². The van der Waals surface area contributed by atoms with Crippen LogP contribution in [0, 0.1) is 0 Å². The summed E-state index contributed by atoms with van der Waals surface area (Å²) in [5.74, 6) is 0.0801. The van der Waals surface area contributed by atoms with Crippen LogP contribution in [-0.4, -0.2) is 47.9 Å². The van der Waals surface area contributed by atoms with Crippen LogP contribution in [0.25, 0.3) is 0 Å². The molecule has 5 nitrogen and oxygen atoms in total. The molecule has 1 aliphatic heterocycles. The van der Waals surface area contributed by atoms with Gasteiger partial charge in [0, 0.05) is 6.54 Å². The fraction of sp³-hybridized carbons (Fsp3) is 0.529. The number of carbonyl (C=O) groups is 2. The number of nitrogens with zero attached hydrogens (tertiary/aromatic N) is 2. The van der Waals surface area contributed by atoms with Gasteiger partial charge < -0.3 is 10.2 Å². The van der Waals surface area contributed by atoms with Crippen molar-refractivity contribution in [3.8, 4) is 0 Å². The Kier molecular flexibility index (Phi) is 5.95. The van der Waals surface area contributed by atoms with E-state index in [9.17, 15) is 9.59 Å². The molecule has 1 N–H and O–H groups in total. The third-order valence-corrected chi connectivity index (χ3v) is 3.95. The minimum atomic E-state index is -0.0203. The van der Waals surface area contributed by atoms with E-state index < -0.39 is 0 Å². The summed E-state index contributed by atoms with van der Waals surface area (Å²) in [7, 11) is 0. The van der Waals surface area contributed by atoms with Crippen LogP contribution in [-0.2, 0) is 9.59 Å². The quantitative estimate of drug-likeness (QED) is 0.835. The average Bonchev–Trinajstić information content (AvgIpc) is 2.87. The molecule has 120 valence electrons. The molecule has 0 aliphatic carbocycles. The number of rotatable bonds is 7. The fourth-order valence-corrected chi connectivity index (χ4v) is 2.78. The van der Waals surface area contributed by atoms with Gasteiger partial charge in [0.1, 0.15) is 0 Å². The third-order valence-electron chi connectivity index (χ3n) is 3.95. The fourth-order valence-electron chi connectivity index (χ4n) is 2.78. The van der Waals surface area contributed by atoms with Gasteiger partial charge in [-0.05, 0) is 18.9 Å². The predicted molar refractivity (Wildman–Crippen MR) is 86.1 cm³/mol. The molecule has 5 heteroatoms. The van der Waals surface area contributed by atoms with Gasteiger partial charge in [0.15, 0.2) is 0 Å². The number of likely N-dealkylation sites (N-methyl/N-ethyl adjacent to an activating group) is 1. The summed E-state index contributed by atoms with van der Waals surface area (Å²) in [5, 5.41) is 3.10. The Labute approximate surface area is 132 Å². The highest BCUT2D eigenvalue weighted by Gasteiger charge is 2.27. The number of carbonyl (C=O) groups excluding carboxylic acids is 2. The maximum Gasteiger partial charge on any atom is 0.237 e. The van der Waals surface area contributed by atoms with E-state index in [0.29, 0.717) is 19.8 Å². The maximum absolute atomic E-state index is 12.3. The number of benzene rings is 1. The van der Waals surface area contributed by atoms with Gasteiger partial charge in [0.2, 0.25) is 11.8 Å². The van der Waals surface area contributed by atoms with Crippen molar-refractivity contribution < 1.29 is 9.59 Å². The smallest absolute Gasteiger partial charge is 0.237 e. The Bertz CT molecular complexity index is 504. The molecule has 1 aliphatic rings. The van der Waals surface area contributed by atoms with E-state index in [1.807, 2.05) is 42.2 Å². The van der Waals surface area contributed by atoms with E-state index in [2.05, 4.69) is 12.2 Å². The zero-order chi connectivity index (χ0) is 15.9. The monoisotopic (exact) mass is 303 g/mol. The molecule has 0 bridgehead atoms. The van der Waals surface area contributed by atoms with Crippen LogP contribution in [0.1, 0.15) is 38.3 Å². The Morgan fingerprint density at radius 3 is 2.59 bits per heavy atom. The Hall–Kier alpha value is -1.88. The second-order valence-electron chi connectivity index (χ2n) is 5.70. The highest BCUT2D eigenvalue weighted by Crippen LogP contribution is 2.18. The molecule has 1 heterocycles. The molecule has 2 amide bonds. The van der Waals surface area contributed by atoms with E-state index >= 15 is 0 Å². The molecular formula is C17H25N3O2. The van der Waals surface area contributed by atoms with E-state index in [1.54, 1.807) is 4.90 Å². The van der Waals surface area contributed by atoms with Crippen molar-refractivity contribution in [3.05, 3.63) is 35.9 Å². The van der Waals surface area contributed by atoms with Gasteiger partial charge in [0.25, 0.3) is 0 Å². The molecule has 0 aromatic heterocycles. The van der Waals surface area contributed by atoms with E-state index in [1.165, 1.54) is 0 Å². The number of nitrogens with one attached hydrogen (secondary N) is 1. The molecular weight excluding hydrogens is 278 g/mol. The molecule has 0 unspecified atom stereocenters. The van der Waals surface area contributed by atoms with Crippen molar-refractivity contribution in [1.29, 1.82) is 0 Å². The maximum atomic E-state index is 12.3. The van der Waals surface area contributed by atoms with E-state index in [0.717, 1.165) is 18.4 Å². The van der Waals surface area contributed by atoms with Crippen LogP contribution >= 0.6 is 0 Å². The summed E-state index contributed by atoms with van der Waals surface area (Å²) < 4.78 is 0. The topological polar surface area (TPSA) is 52.7 Å². The van der Waals surface area contributed by atoms with Gasteiger partial charge in [-0.1, -0.05) is 43.7 Å². The summed E-state index contributed by atoms with van der Waals surface area (Å²) >= 11 is 0. The van der Waals surface area contributed by atoms with Gasteiger partial charge in [-0.2, -0.15) is 0 Å². The SMILES string of the molecule is CCC[C@H](NC(=O)CN1CC(=O)N(CC)C1)c1ccccc1. The lowest BCUT2D eigenvalue weighted by Crippen LogP contribution is -2.38. The summed E-state index contributed by atoms with van der Waals surface area (Å²) in [4.78, 5) is 27.6. The predicted octanol–water partition coefficient (Wildman–Crippen LogP) is 1.77. The van der Waals surface area contributed by atoms with Crippen LogP contribution in [0.15, 0.2) is 30.3 Å². The zero-order valence-corrected chi connectivity index (χ0v) is 13.4. The molecule has 0 radical (unpaired) electrons. The molecule has 1 fully saturated rings. The first kappa shape index (κ1) is 16.5. The van der Waals surface area contributed by atoms with Crippen LogP contribution in [0.3, 0.4) is 0 Å². The molecule has 0 spiro atoms. The summed E-state index contributed by atoms with van der Waals surface area (Å²) in [6, 6.07) is 10.1. The van der Waals surface area contributed by atoms with Crippen LogP contribution in [0.5, 0.6) is 0 Å². The van der Waals surface area contributed by atoms with Gasteiger partial charge >= 0.3 is 0 Å². The lowest BCUT2D eigenvalue weighted by Gasteiger charge is -2.21. The third kappa shape index (κ3) is 4.31. The molecule has 2 rings (SSSR count). The lowest BCUT2D eigenvalue weighted by molar-refractivity contribution is -0.126. The van der Waals surface area contributed by atoms with Crippen molar-refractivity contribution in [2.45, 2.75) is 32.7 Å². The standard InChI is InChI=1S/C17H25N3O2/c1-3-8-15(14-9-6-5-7-10-14)18-16(21)11-19-12-17(22)20(4-2)13-19/h5-7,9-10,15H,3-4,8,11-13H2,1-2H3,(H,18,21)/t15-/m0/s1. The zero-order valence-electron chi connectivity index (χ0n) is 13.4. The summed E-state index contributed by atoms with van der Waals surface area (Å²) in [6.07, 6.45) is 1.92. The first-order valence-corrected chi connectivity index (χ1v) is 7.98. The first-order valence-electron chi connectivity index (χ1n) is 7.98. The van der Waals surface area contributed by atoms with E-state index in [-0.39, 0.29) is 24.4 Å². The van der Waals surface area contributed by atoms with Crippen LogP contribution in [0.2, 0.25) is 0 Å².